The summed E-state index contributed by atoms with van der Waals surface area (Å²) >= 11 is 0. The van der Waals surface area contributed by atoms with E-state index in [0.717, 1.165) is 0 Å². The van der Waals surface area contributed by atoms with Gasteiger partial charge in [0.25, 0.3) is 0 Å². The molecule has 0 saturated heterocycles. The number of nitrogens with zero attached hydrogens (tertiary/aromatic N) is 3. The number of rotatable bonds is 5. The molecular weight excluding hydrogens is 258 g/mol. The van der Waals surface area contributed by atoms with Crippen molar-refractivity contribution in [2.24, 2.45) is 7.05 Å². The number of hydrogen-bond donors (Lipinski definition) is 2. The van der Waals surface area contributed by atoms with Gasteiger partial charge in [0.1, 0.15) is 17.7 Å². The topological polar surface area (TPSA) is 81.1 Å². The zero-order chi connectivity index (χ0) is 14.4. The number of aromatic nitrogens is 3. The second-order valence-corrected chi connectivity index (χ2v) is 4.29. The van der Waals surface area contributed by atoms with E-state index in [1.165, 1.54) is 0 Å². The Morgan fingerprint density at radius 3 is 2.95 bits per heavy atom. The largest absolute Gasteiger partial charge is 0.487 e. The fourth-order valence-corrected chi connectivity index (χ4v) is 1.58. The van der Waals surface area contributed by atoms with E-state index in [9.17, 15) is 4.79 Å². The minimum Gasteiger partial charge on any atom is -0.487 e. The molecule has 0 aliphatic carbocycles. The number of carbonyl (C=O) groups excluding carboxylic acids is 1. The standard InChI is InChI=1S/C13H17N5O2/c1-10(20-11-4-3-6-14-9-11)8-15-13(19)17-12-5-7-16-18(12)2/h3-7,9-10H,8H2,1-2H3,(H2,15,17,19)/t10-/m0/s1. The predicted octanol–water partition coefficient (Wildman–Crippen LogP) is 1.40. The van der Waals surface area contributed by atoms with Crippen molar-refractivity contribution in [1.29, 1.82) is 0 Å². The molecule has 2 rings (SSSR count). The van der Waals surface area contributed by atoms with Gasteiger partial charge in [-0.05, 0) is 19.1 Å². The van der Waals surface area contributed by atoms with Gasteiger partial charge in [0.15, 0.2) is 0 Å². The Morgan fingerprint density at radius 2 is 2.30 bits per heavy atom. The highest BCUT2D eigenvalue weighted by Gasteiger charge is 2.08. The zero-order valence-electron chi connectivity index (χ0n) is 11.4. The Labute approximate surface area is 117 Å². The van der Waals surface area contributed by atoms with E-state index in [0.29, 0.717) is 18.1 Å². The lowest BCUT2D eigenvalue weighted by atomic mass is 10.4. The van der Waals surface area contributed by atoms with E-state index >= 15 is 0 Å². The van der Waals surface area contributed by atoms with Crippen LogP contribution in [-0.4, -0.2) is 33.4 Å². The van der Waals surface area contributed by atoms with Gasteiger partial charge in [-0.15, -0.1) is 0 Å². The summed E-state index contributed by atoms with van der Waals surface area (Å²) in [5.41, 5.74) is 0. The van der Waals surface area contributed by atoms with Gasteiger partial charge in [0.2, 0.25) is 0 Å². The third-order valence-electron chi connectivity index (χ3n) is 2.58. The van der Waals surface area contributed by atoms with Crippen molar-refractivity contribution in [3.05, 3.63) is 36.8 Å². The molecule has 0 spiro atoms. The van der Waals surface area contributed by atoms with Crippen molar-refractivity contribution in [3.8, 4) is 5.75 Å². The Kier molecular flexibility index (Phi) is 4.54. The number of carbonyl (C=O) groups is 1. The highest BCUT2D eigenvalue weighted by Crippen LogP contribution is 2.08. The molecule has 7 nitrogen and oxygen atoms in total. The van der Waals surface area contributed by atoms with Gasteiger partial charge in [-0.1, -0.05) is 0 Å². The monoisotopic (exact) mass is 275 g/mol. The normalized spacial score (nSPS) is 11.7. The molecular formula is C13H17N5O2. The molecule has 7 heteroatoms. The van der Waals surface area contributed by atoms with Crippen LogP contribution in [0.5, 0.6) is 5.75 Å². The van der Waals surface area contributed by atoms with Crippen LogP contribution >= 0.6 is 0 Å². The summed E-state index contributed by atoms with van der Waals surface area (Å²) in [5, 5.41) is 9.39. The summed E-state index contributed by atoms with van der Waals surface area (Å²) in [6.45, 7) is 2.26. The van der Waals surface area contributed by atoms with E-state index in [1.807, 2.05) is 13.0 Å². The van der Waals surface area contributed by atoms with Crippen LogP contribution in [0.2, 0.25) is 0 Å². The van der Waals surface area contributed by atoms with Crippen molar-refractivity contribution < 1.29 is 9.53 Å². The minimum absolute atomic E-state index is 0.156. The molecule has 2 aromatic rings. The maximum absolute atomic E-state index is 11.7. The second kappa shape index (κ2) is 6.55. The summed E-state index contributed by atoms with van der Waals surface area (Å²) in [6, 6.07) is 5.04. The molecule has 106 valence electrons. The highest BCUT2D eigenvalue weighted by molar-refractivity contribution is 5.88. The van der Waals surface area contributed by atoms with Crippen molar-refractivity contribution in [1.82, 2.24) is 20.1 Å². The molecule has 0 aliphatic rings. The van der Waals surface area contributed by atoms with E-state index in [1.54, 1.807) is 42.5 Å². The molecule has 2 heterocycles. The van der Waals surface area contributed by atoms with Gasteiger partial charge >= 0.3 is 6.03 Å². The number of ether oxygens (including phenoxy) is 1. The fraction of sp³-hybridized carbons (Fsp3) is 0.308. The molecule has 2 amide bonds. The highest BCUT2D eigenvalue weighted by atomic mass is 16.5. The van der Waals surface area contributed by atoms with Crippen LogP contribution in [0, 0.1) is 0 Å². The summed E-state index contributed by atoms with van der Waals surface area (Å²) in [5.74, 6) is 1.30. The lowest BCUT2D eigenvalue weighted by Gasteiger charge is -2.15. The molecule has 0 aromatic carbocycles. The molecule has 0 unspecified atom stereocenters. The first-order valence-electron chi connectivity index (χ1n) is 6.24. The van der Waals surface area contributed by atoms with Gasteiger partial charge in [-0.2, -0.15) is 5.10 Å². The van der Waals surface area contributed by atoms with Gasteiger partial charge in [-0.25, -0.2) is 4.79 Å². The molecule has 1 atom stereocenters. The van der Waals surface area contributed by atoms with Crippen molar-refractivity contribution >= 4 is 11.8 Å². The molecule has 20 heavy (non-hydrogen) atoms. The number of hydrogen-bond acceptors (Lipinski definition) is 4. The van der Waals surface area contributed by atoms with E-state index in [2.05, 4.69) is 20.7 Å². The van der Waals surface area contributed by atoms with E-state index in [4.69, 9.17) is 4.74 Å². The third kappa shape index (κ3) is 3.98. The van der Waals surface area contributed by atoms with Gasteiger partial charge in [0.05, 0.1) is 18.9 Å². The average Bonchev–Trinajstić information content (AvgIpc) is 2.83. The molecule has 0 aliphatic heterocycles. The lowest BCUT2D eigenvalue weighted by Crippen LogP contribution is -2.36. The summed E-state index contributed by atoms with van der Waals surface area (Å²) in [4.78, 5) is 15.6. The number of nitrogens with one attached hydrogen (secondary N) is 2. The van der Waals surface area contributed by atoms with E-state index in [-0.39, 0.29) is 12.1 Å². The Morgan fingerprint density at radius 1 is 1.45 bits per heavy atom. The number of amides is 2. The number of pyridine rings is 1. The number of aryl methyl sites for hydroxylation is 1. The molecule has 2 aromatic heterocycles. The molecule has 0 saturated carbocycles. The molecule has 0 fully saturated rings. The molecule has 0 radical (unpaired) electrons. The quantitative estimate of drug-likeness (QED) is 0.864. The first kappa shape index (κ1) is 13.9. The van der Waals surface area contributed by atoms with Gasteiger partial charge < -0.3 is 10.1 Å². The van der Waals surface area contributed by atoms with Crippen LogP contribution in [0.25, 0.3) is 0 Å². The summed E-state index contributed by atoms with van der Waals surface area (Å²) < 4.78 is 7.18. The fourth-order valence-electron chi connectivity index (χ4n) is 1.58. The third-order valence-corrected chi connectivity index (χ3v) is 2.58. The first-order chi connectivity index (χ1) is 9.65. The Balaban J connectivity index is 1.74. The Hall–Kier alpha value is -2.57. The molecule has 2 N–H and O–H groups in total. The second-order valence-electron chi connectivity index (χ2n) is 4.29. The predicted molar refractivity (Wildman–Crippen MR) is 74.6 cm³/mol. The van der Waals surface area contributed by atoms with Crippen molar-refractivity contribution in [2.45, 2.75) is 13.0 Å². The molecule has 0 bridgehead atoms. The maximum Gasteiger partial charge on any atom is 0.320 e. The SMILES string of the molecule is C[C@@H](CNC(=O)Nc1ccnn1C)Oc1cccnc1. The summed E-state index contributed by atoms with van der Waals surface area (Å²) in [7, 11) is 1.75. The van der Waals surface area contributed by atoms with E-state index < -0.39 is 0 Å². The number of urea groups is 1. The van der Waals surface area contributed by atoms with Crippen LogP contribution in [0.3, 0.4) is 0 Å². The first-order valence-corrected chi connectivity index (χ1v) is 6.24. The van der Waals surface area contributed by atoms with Crippen LogP contribution in [0.1, 0.15) is 6.92 Å². The zero-order valence-corrected chi connectivity index (χ0v) is 11.4. The lowest BCUT2D eigenvalue weighted by molar-refractivity contribution is 0.211. The Bertz CT molecular complexity index is 555. The van der Waals surface area contributed by atoms with Crippen LogP contribution in [0.4, 0.5) is 10.6 Å². The van der Waals surface area contributed by atoms with Crippen LogP contribution < -0.4 is 15.4 Å². The van der Waals surface area contributed by atoms with Gasteiger partial charge in [-0.3, -0.25) is 15.0 Å². The summed E-state index contributed by atoms with van der Waals surface area (Å²) in [6.07, 6.45) is 4.77. The maximum atomic E-state index is 11.7. The van der Waals surface area contributed by atoms with Crippen LogP contribution in [0.15, 0.2) is 36.8 Å². The smallest absolute Gasteiger partial charge is 0.320 e. The van der Waals surface area contributed by atoms with Gasteiger partial charge in [0, 0.05) is 19.3 Å². The van der Waals surface area contributed by atoms with Crippen molar-refractivity contribution in [2.75, 3.05) is 11.9 Å². The average molecular weight is 275 g/mol. The van der Waals surface area contributed by atoms with Crippen molar-refractivity contribution in [3.63, 3.8) is 0 Å². The minimum atomic E-state index is -0.296. The number of anilines is 1. The van der Waals surface area contributed by atoms with Crippen LogP contribution in [-0.2, 0) is 7.05 Å².